The van der Waals surface area contributed by atoms with Gasteiger partial charge in [-0.1, -0.05) is 72.8 Å². The highest BCUT2D eigenvalue weighted by Crippen LogP contribution is 2.29. The van der Waals surface area contributed by atoms with E-state index >= 15 is 0 Å². The minimum absolute atomic E-state index is 0.0193. The van der Waals surface area contributed by atoms with Crippen molar-refractivity contribution in [2.75, 3.05) is 6.61 Å². The molecule has 1 amide bonds. The highest BCUT2D eigenvalue weighted by atomic mass is 16.5. The number of aryl methyl sites for hydroxylation is 1. The summed E-state index contributed by atoms with van der Waals surface area (Å²) in [7, 11) is 0. The number of hydrogen-bond acceptors (Lipinski definition) is 3. The van der Waals surface area contributed by atoms with Crippen LogP contribution in [0.4, 0.5) is 0 Å². The number of amides is 1. The van der Waals surface area contributed by atoms with Crippen LogP contribution in [-0.2, 0) is 11.2 Å². The molecule has 0 saturated heterocycles. The summed E-state index contributed by atoms with van der Waals surface area (Å²) < 4.78 is 7.83. The number of pyridine rings is 1. The lowest BCUT2D eigenvalue weighted by molar-refractivity contribution is -0.121. The van der Waals surface area contributed by atoms with Gasteiger partial charge in [-0.05, 0) is 61.2 Å². The smallest absolute Gasteiger partial charge is 0.220 e. The number of nitrogens with zero attached hydrogens (tertiary/aromatic N) is 2. The molecular weight excluding hydrogens is 458 g/mol. The maximum absolute atomic E-state index is 12.9. The maximum atomic E-state index is 12.9. The number of fused-ring (bicyclic) bond motifs is 1. The van der Waals surface area contributed by atoms with Crippen molar-refractivity contribution >= 4 is 11.6 Å². The van der Waals surface area contributed by atoms with E-state index in [2.05, 4.69) is 46.2 Å². The van der Waals surface area contributed by atoms with E-state index in [1.165, 1.54) is 0 Å². The molecule has 5 rings (SSSR count). The third-order valence-electron chi connectivity index (χ3n) is 6.51. The number of carbonyl (C=O) groups is 1. The zero-order chi connectivity index (χ0) is 25.6. The molecule has 1 unspecified atom stereocenters. The number of nitrogens with one attached hydrogen (secondary N) is 1. The molecule has 0 bridgehead atoms. The SMILES string of the molecule is CCOc1cccc(-c2ccc3nc(-c4ccccc4)c(CCC(=O)NC(C)c4ccccc4)n3c2)c1. The van der Waals surface area contributed by atoms with Gasteiger partial charge in [0.05, 0.1) is 24.0 Å². The highest BCUT2D eigenvalue weighted by molar-refractivity contribution is 5.77. The Bertz CT molecular complexity index is 1490. The fourth-order valence-corrected chi connectivity index (χ4v) is 4.63. The summed E-state index contributed by atoms with van der Waals surface area (Å²) >= 11 is 0. The minimum Gasteiger partial charge on any atom is -0.494 e. The lowest BCUT2D eigenvalue weighted by Gasteiger charge is -2.14. The van der Waals surface area contributed by atoms with Crippen molar-refractivity contribution < 1.29 is 9.53 Å². The van der Waals surface area contributed by atoms with E-state index in [4.69, 9.17) is 9.72 Å². The fraction of sp³-hybridized carbons (Fsp3) is 0.188. The lowest BCUT2D eigenvalue weighted by Crippen LogP contribution is -2.26. The predicted molar refractivity (Wildman–Crippen MR) is 149 cm³/mol. The summed E-state index contributed by atoms with van der Waals surface area (Å²) in [5.74, 6) is 0.867. The van der Waals surface area contributed by atoms with Crippen LogP contribution in [0.5, 0.6) is 5.75 Å². The molecule has 0 fully saturated rings. The summed E-state index contributed by atoms with van der Waals surface area (Å²) in [4.78, 5) is 17.9. The highest BCUT2D eigenvalue weighted by Gasteiger charge is 2.17. The van der Waals surface area contributed by atoms with E-state index in [1.807, 2.05) is 80.6 Å². The Morgan fingerprint density at radius 1 is 0.892 bits per heavy atom. The van der Waals surface area contributed by atoms with Gasteiger partial charge in [0.1, 0.15) is 11.4 Å². The van der Waals surface area contributed by atoms with Crippen LogP contribution in [0.15, 0.2) is 103 Å². The van der Waals surface area contributed by atoms with Gasteiger partial charge >= 0.3 is 0 Å². The van der Waals surface area contributed by atoms with Gasteiger partial charge in [0.25, 0.3) is 0 Å². The van der Waals surface area contributed by atoms with Crippen LogP contribution in [0, 0.1) is 0 Å². The average molecular weight is 490 g/mol. The lowest BCUT2D eigenvalue weighted by atomic mass is 10.1. The van der Waals surface area contributed by atoms with Gasteiger partial charge in [-0.3, -0.25) is 4.79 Å². The molecule has 0 radical (unpaired) electrons. The Kier molecular flexibility index (Phi) is 7.31. The molecule has 0 saturated carbocycles. The second kappa shape index (κ2) is 11.1. The van der Waals surface area contributed by atoms with Crippen molar-refractivity contribution in [1.82, 2.24) is 14.7 Å². The van der Waals surface area contributed by atoms with Crippen molar-refractivity contribution in [2.45, 2.75) is 32.7 Å². The van der Waals surface area contributed by atoms with Gasteiger partial charge < -0.3 is 14.5 Å². The van der Waals surface area contributed by atoms with E-state index < -0.39 is 0 Å². The second-order valence-corrected chi connectivity index (χ2v) is 9.08. The van der Waals surface area contributed by atoms with Crippen molar-refractivity contribution in [1.29, 1.82) is 0 Å². The molecule has 1 atom stereocenters. The maximum Gasteiger partial charge on any atom is 0.220 e. The number of aromatic nitrogens is 2. The molecule has 5 heteroatoms. The van der Waals surface area contributed by atoms with Crippen LogP contribution in [0.2, 0.25) is 0 Å². The molecular formula is C32H31N3O2. The van der Waals surface area contributed by atoms with Gasteiger partial charge in [0.2, 0.25) is 5.91 Å². The average Bonchev–Trinajstić information content (AvgIpc) is 3.31. The molecule has 0 aliphatic rings. The normalized spacial score (nSPS) is 11.8. The van der Waals surface area contributed by atoms with Crippen LogP contribution in [0.3, 0.4) is 0 Å². The van der Waals surface area contributed by atoms with Crippen LogP contribution < -0.4 is 10.1 Å². The van der Waals surface area contributed by atoms with E-state index in [0.29, 0.717) is 19.4 Å². The zero-order valence-corrected chi connectivity index (χ0v) is 21.2. The summed E-state index contributed by atoms with van der Waals surface area (Å²) in [6.45, 7) is 4.62. The molecule has 3 aromatic carbocycles. The van der Waals surface area contributed by atoms with Gasteiger partial charge in [-0.25, -0.2) is 4.98 Å². The van der Waals surface area contributed by atoms with Crippen LogP contribution >= 0.6 is 0 Å². The Labute approximate surface area is 217 Å². The first kappa shape index (κ1) is 24.3. The van der Waals surface area contributed by atoms with Gasteiger partial charge in [0.15, 0.2) is 0 Å². The Morgan fingerprint density at radius 3 is 2.38 bits per heavy atom. The first-order valence-corrected chi connectivity index (χ1v) is 12.8. The molecule has 2 aromatic heterocycles. The molecule has 2 heterocycles. The molecule has 0 spiro atoms. The second-order valence-electron chi connectivity index (χ2n) is 9.08. The Hall–Kier alpha value is -4.38. The van der Waals surface area contributed by atoms with E-state index in [1.54, 1.807) is 0 Å². The predicted octanol–water partition coefficient (Wildman–Crippen LogP) is 6.88. The van der Waals surface area contributed by atoms with Gasteiger partial charge in [0, 0.05) is 18.2 Å². The van der Waals surface area contributed by atoms with Crippen LogP contribution in [-0.4, -0.2) is 21.9 Å². The van der Waals surface area contributed by atoms with Crippen molar-refractivity contribution in [3.8, 4) is 28.1 Å². The summed E-state index contributed by atoms with van der Waals surface area (Å²) in [5.41, 5.74) is 7.05. The molecule has 0 aliphatic heterocycles. The third kappa shape index (κ3) is 5.56. The summed E-state index contributed by atoms with van der Waals surface area (Å²) in [6.07, 6.45) is 3.05. The van der Waals surface area contributed by atoms with Crippen molar-refractivity contribution in [2.24, 2.45) is 0 Å². The van der Waals surface area contributed by atoms with Crippen molar-refractivity contribution in [3.63, 3.8) is 0 Å². The van der Waals surface area contributed by atoms with Crippen LogP contribution in [0.1, 0.15) is 37.6 Å². The van der Waals surface area contributed by atoms with Crippen LogP contribution in [0.25, 0.3) is 28.0 Å². The number of rotatable bonds is 9. The van der Waals surface area contributed by atoms with Crippen molar-refractivity contribution in [3.05, 3.63) is 115 Å². The number of ether oxygens (including phenoxy) is 1. The Morgan fingerprint density at radius 2 is 1.62 bits per heavy atom. The number of benzene rings is 3. The van der Waals surface area contributed by atoms with Gasteiger partial charge in [-0.15, -0.1) is 0 Å². The van der Waals surface area contributed by atoms with E-state index in [9.17, 15) is 4.79 Å². The standard InChI is InChI=1S/C32H31N3O2/c1-3-37-28-16-10-15-26(21-28)27-17-19-30-34-32(25-13-8-5-9-14-25)29(35(30)22-27)18-20-31(36)33-23(2)24-11-6-4-7-12-24/h4-17,19,21-23H,3,18,20H2,1-2H3,(H,33,36). The number of carbonyl (C=O) groups excluding carboxylic acids is 1. The summed E-state index contributed by atoms with van der Waals surface area (Å²) in [5, 5.41) is 3.14. The zero-order valence-electron chi connectivity index (χ0n) is 21.2. The van der Waals surface area contributed by atoms with E-state index in [0.717, 1.165) is 45.0 Å². The summed E-state index contributed by atoms with van der Waals surface area (Å²) in [6, 6.07) is 32.4. The molecule has 5 nitrogen and oxygen atoms in total. The molecule has 37 heavy (non-hydrogen) atoms. The molecule has 0 aliphatic carbocycles. The molecule has 1 N–H and O–H groups in total. The third-order valence-corrected chi connectivity index (χ3v) is 6.51. The monoisotopic (exact) mass is 489 g/mol. The van der Waals surface area contributed by atoms with E-state index in [-0.39, 0.29) is 11.9 Å². The topological polar surface area (TPSA) is 55.6 Å². The molecule has 186 valence electrons. The number of hydrogen-bond donors (Lipinski definition) is 1. The quantitative estimate of drug-likeness (QED) is 0.246. The largest absolute Gasteiger partial charge is 0.494 e. The fourth-order valence-electron chi connectivity index (χ4n) is 4.63. The first-order chi connectivity index (χ1) is 18.1. The minimum atomic E-state index is -0.0475. The van der Waals surface area contributed by atoms with Gasteiger partial charge in [-0.2, -0.15) is 0 Å². The first-order valence-electron chi connectivity index (χ1n) is 12.8. The molecule has 5 aromatic rings. The Balaban J connectivity index is 1.46. The number of imidazole rings is 1.